The molecule has 0 saturated heterocycles. The molecule has 0 atom stereocenters. The number of carbonyl (C=O) groups excluding carboxylic acids is 2. The molecular formula is C20H16Cl2N2O4. The Kier molecular flexibility index (Phi) is 8.02. The molecule has 8 heteroatoms. The maximum Gasteiger partial charge on any atom is 0.345 e. The predicted octanol–water partition coefficient (Wildman–Crippen LogP) is 3.88. The van der Waals surface area contributed by atoms with Gasteiger partial charge in [-0.15, -0.1) is 0 Å². The van der Waals surface area contributed by atoms with E-state index in [9.17, 15) is 9.59 Å². The van der Waals surface area contributed by atoms with Crippen molar-refractivity contribution in [1.29, 1.82) is 5.26 Å². The lowest BCUT2D eigenvalue weighted by Crippen LogP contribution is -2.27. The molecule has 0 bridgehead atoms. The van der Waals surface area contributed by atoms with Gasteiger partial charge in [0.15, 0.2) is 0 Å². The first-order valence-electron chi connectivity index (χ1n) is 8.11. The van der Waals surface area contributed by atoms with Crippen molar-refractivity contribution in [3.8, 4) is 11.8 Å². The highest BCUT2D eigenvalue weighted by Gasteiger charge is 2.13. The minimum atomic E-state index is -0.625. The van der Waals surface area contributed by atoms with Gasteiger partial charge >= 0.3 is 5.97 Å². The summed E-state index contributed by atoms with van der Waals surface area (Å²) in [5, 5.41) is 12.3. The van der Waals surface area contributed by atoms with Crippen LogP contribution >= 0.6 is 23.2 Å². The first-order chi connectivity index (χ1) is 13.4. The van der Waals surface area contributed by atoms with Crippen molar-refractivity contribution in [2.75, 3.05) is 20.3 Å². The van der Waals surface area contributed by atoms with E-state index < -0.39 is 11.9 Å². The lowest BCUT2D eigenvalue weighted by Gasteiger charge is -2.07. The van der Waals surface area contributed by atoms with Crippen molar-refractivity contribution in [3.05, 3.63) is 69.2 Å². The predicted molar refractivity (Wildman–Crippen MR) is 106 cm³/mol. The monoisotopic (exact) mass is 418 g/mol. The summed E-state index contributed by atoms with van der Waals surface area (Å²) < 4.78 is 10.1. The molecule has 0 spiro atoms. The Balaban J connectivity index is 2.07. The van der Waals surface area contributed by atoms with Crippen LogP contribution in [0.4, 0.5) is 0 Å². The summed E-state index contributed by atoms with van der Waals surface area (Å²) in [4.78, 5) is 24.1. The molecule has 2 aromatic carbocycles. The molecule has 6 nitrogen and oxygen atoms in total. The van der Waals surface area contributed by atoms with Crippen LogP contribution in [0.15, 0.2) is 48.0 Å². The Bertz CT molecular complexity index is 934. The first kappa shape index (κ1) is 21.5. The number of halogens is 2. The van der Waals surface area contributed by atoms with Gasteiger partial charge in [0.1, 0.15) is 17.4 Å². The van der Waals surface area contributed by atoms with Crippen molar-refractivity contribution in [1.82, 2.24) is 5.32 Å². The van der Waals surface area contributed by atoms with E-state index in [2.05, 4.69) is 5.32 Å². The standard InChI is InChI=1S/C20H16Cl2N2O4/c1-27-9-8-24-19(25)14(12-23)10-13-2-5-16(6-3-13)28-20(26)17-7-4-15(21)11-18(17)22/h2-7,10-11H,8-9H2,1H3,(H,24,25)/b14-10+. The number of esters is 1. The number of amides is 1. The van der Waals surface area contributed by atoms with Crippen molar-refractivity contribution in [3.63, 3.8) is 0 Å². The van der Waals surface area contributed by atoms with Gasteiger partial charge < -0.3 is 14.8 Å². The Labute approximate surface area is 172 Å². The molecule has 144 valence electrons. The number of nitrogens with zero attached hydrogens (tertiary/aromatic N) is 1. The molecule has 1 N–H and O–H groups in total. The highest BCUT2D eigenvalue weighted by Crippen LogP contribution is 2.23. The van der Waals surface area contributed by atoms with Crippen LogP contribution in [-0.2, 0) is 9.53 Å². The van der Waals surface area contributed by atoms with Crippen LogP contribution in [0.3, 0.4) is 0 Å². The summed E-state index contributed by atoms with van der Waals surface area (Å²) in [6.45, 7) is 0.651. The van der Waals surface area contributed by atoms with Crippen LogP contribution in [0, 0.1) is 11.3 Å². The molecule has 28 heavy (non-hydrogen) atoms. The van der Waals surface area contributed by atoms with Crippen LogP contribution in [0.2, 0.25) is 10.0 Å². The summed E-state index contributed by atoms with van der Waals surface area (Å²) in [6.07, 6.45) is 1.43. The molecule has 0 unspecified atom stereocenters. The third-order valence-electron chi connectivity index (χ3n) is 3.51. The maximum absolute atomic E-state index is 12.2. The molecular weight excluding hydrogens is 403 g/mol. The van der Waals surface area contributed by atoms with Crippen molar-refractivity contribution in [2.45, 2.75) is 0 Å². The summed E-state index contributed by atoms with van der Waals surface area (Å²) in [5.41, 5.74) is 0.742. The van der Waals surface area contributed by atoms with E-state index >= 15 is 0 Å². The van der Waals surface area contributed by atoms with Crippen LogP contribution in [0.25, 0.3) is 6.08 Å². The van der Waals surface area contributed by atoms with Crippen LogP contribution in [0.1, 0.15) is 15.9 Å². The molecule has 0 saturated carbocycles. The number of methoxy groups -OCH3 is 1. The van der Waals surface area contributed by atoms with Gasteiger partial charge in [0.2, 0.25) is 0 Å². The zero-order chi connectivity index (χ0) is 20.5. The van der Waals surface area contributed by atoms with Gasteiger partial charge in [0, 0.05) is 18.7 Å². The molecule has 0 fully saturated rings. The summed E-state index contributed by atoms with van der Waals surface area (Å²) in [6, 6.07) is 12.7. The fourth-order valence-electron chi connectivity index (χ4n) is 2.13. The highest BCUT2D eigenvalue weighted by molar-refractivity contribution is 6.36. The normalized spacial score (nSPS) is 10.9. The van der Waals surface area contributed by atoms with Gasteiger partial charge in [-0.3, -0.25) is 4.79 Å². The molecule has 2 rings (SSSR count). The summed E-state index contributed by atoms with van der Waals surface area (Å²) in [7, 11) is 1.52. The van der Waals surface area contributed by atoms with Crippen molar-refractivity contribution in [2.24, 2.45) is 0 Å². The van der Waals surface area contributed by atoms with Gasteiger partial charge in [-0.2, -0.15) is 5.26 Å². The highest BCUT2D eigenvalue weighted by atomic mass is 35.5. The van der Waals surface area contributed by atoms with E-state index in [4.69, 9.17) is 37.9 Å². The quantitative estimate of drug-likeness (QED) is 0.242. The van der Waals surface area contributed by atoms with Gasteiger partial charge in [-0.1, -0.05) is 35.3 Å². The SMILES string of the molecule is COCCNC(=O)/C(C#N)=C/c1ccc(OC(=O)c2ccc(Cl)cc2Cl)cc1. The fraction of sp³-hybridized carbons (Fsp3) is 0.150. The van der Waals surface area contributed by atoms with Crippen LogP contribution in [0.5, 0.6) is 5.75 Å². The maximum atomic E-state index is 12.2. The molecule has 0 heterocycles. The second-order valence-electron chi connectivity index (χ2n) is 5.50. The fourth-order valence-corrected chi connectivity index (χ4v) is 2.61. The number of carbonyl (C=O) groups is 2. The smallest absolute Gasteiger partial charge is 0.345 e. The van der Waals surface area contributed by atoms with Gasteiger partial charge in [0.05, 0.1) is 17.2 Å². The van der Waals surface area contributed by atoms with E-state index in [0.29, 0.717) is 23.7 Å². The van der Waals surface area contributed by atoms with Gasteiger partial charge in [0.25, 0.3) is 5.91 Å². The zero-order valence-corrected chi connectivity index (χ0v) is 16.4. The molecule has 2 aromatic rings. The average molecular weight is 419 g/mol. The van der Waals surface area contributed by atoms with E-state index in [1.807, 2.05) is 6.07 Å². The number of nitrogens with one attached hydrogen (secondary N) is 1. The van der Waals surface area contributed by atoms with Crippen molar-refractivity contribution >= 4 is 41.2 Å². The Morgan fingerprint density at radius 1 is 1.18 bits per heavy atom. The summed E-state index contributed by atoms with van der Waals surface area (Å²) in [5.74, 6) is -0.830. The molecule has 0 aliphatic carbocycles. The van der Waals surface area contributed by atoms with Gasteiger partial charge in [-0.25, -0.2) is 4.79 Å². The minimum absolute atomic E-state index is 0.0474. The van der Waals surface area contributed by atoms with E-state index in [1.54, 1.807) is 30.3 Å². The molecule has 0 aliphatic rings. The van der Waals surface area contributed by atoms with E-state index in [1.165, 1.54) is 25.3 Å². The number of nitriles is 1. The minimum Gasteiger partial charge on any atom is -0.423 e. The first-order valence-corrected chi connectivity index (χ1v) is 8.86. The molecule has 0 aromatic heterocycles. The summed E-state index contributed by atoms with van der Waals surface area (Å²) >= 11 is 11.8. The number of benzene rings is 2. The Hall–Kier alpha value is -2.85. The number of ether oxygens (including phenoxy) is 2. The largest absolute Gasteiger partial charge is 0.423 e. The zero-order valence-electron chi connectivity index (χ0n) is 14.9. The van der Waals surface area contributed by atoms with Crippen molar-refractivity contribution < 1.29 is 19.1 Å². The van der Waals surface area contributed by atoms with Crippen LogP contribution in [-0.4, -0.2) is 32.1 Å². The average Bonchev–Trinajstić information content (AvgIpc) is 2.67. The van der Waals surface area contributed by atoms with Crippen LogP contribution < -0.4 is 10.1 Å². The molecule has 0 radical (unpaired) electrons. The van der Waals surface area contributed by atoms with Gasteiger partial charge in [-0.05, 0) is 42.0 Å². The molecule has 0 aliphatic heterocycles. The lowest BCUT2D eigenvalue weighted by molar-refractivity contribution is -0.117. The third kappa shape index (κ3) is 6.10. The molecule has 1 amide bonds. The van der Waals surface area contributed by atoms with E-state index in [-0.39, 0.29) is 21.9 Å². The lowest BCUT2D eigenvalue weighted by atomic mass is 10.1. The Morgan fingerprint density at radius 3 is 2.50 bits per heavy atom. The third-order valence-corrected chi connectivity index (χ3v) is 4.06. The number of hydrogen-bond donors (Lipinski definition) is 1. The number of rotatable bonds is 7. The second kappa shape index (κ2) is 10.5. The van der Waals surface area contributed by atoms with E-state index in [0.717, 1.165) is 0 Å². The number of hydrogen-bond acceptors (Lipinski definition) is 5. The topological polar surface area (TPSA) is 88.4 Å². The second-order valence-corrected chi connectivity index (χ2v) is 6.34. The Morgan fingerprint density at radius 2 is 1.89 bits per heavy atom.